The molecule has 0 aromatic rings. The standard InChI is InChI=1S/C12H25NO/c1-4-5-6-7-8-12(14)9-10-13-11(2)3/h11,13H,4-10H2,1-3H3. The fourth-order valence-electron chi connectivity index (χ4n) is 1.37. The van der Waals surface area contributed by atoms with Crippen molar-refractivity contribution >= 4 is 5.78 Å². The first-order chi connectivity index (χ1) is 6.66. The molecule has 0 amide bonds. The molecule has 2 heteroatoms. The highest BCUT2D eigenvalue weighted by Crippen LogP contribution is 2.03. The van der Waals surface area contributed by atoms with E-state index >= 15 is 0 Å². The molecule has 0 heterocycles. The monoisotopic (exact) mass is 199 g/mol. The van der Waals surface area contributed by atoms with E-state index in [1.54, 1.807) is 0 Å². The quantitative estimate of drug-likeness (QED) is 0.578. The molecule has 0 unspecified atom stereocenters. The van der Waals surface area contributed by atoms with Crippen molar-refractivity contribution in [2.24, 2.45) is 0 Å². The van der Waals surface area contributed by atoms with Crippen molar-refractivity contribution in [2.45, 2.75) is 65.3 Å². The van der Waals surface area contributed by atoms with Gasteiger partial charge in [-0.25, -0.2) is 0 Å². The minimum atomic E-state index is 0.411. The molecule has 0 aliphatic rings. The molecule has 0 saturated heterocycles. The van der Waals surface area contributed by atoms with Gasteiger partial charge in [0.15, 0.2) is 0 Å². The van der Waals surface area contributed by atoms with Crippen molar-refractivity contribution in [3.63, 3.8) is 0 Å². The molecular formula is C12H25NO. The van der Waals surface area contributed by atoms with Gasteiger partial charge in [0, 0.05) is 25.4 Å². The van der Waals surface area contributed by atoms with Gasteiger partial charge in [-0.05, 0) is 6.42 Å². The Morgan fingerprint density at radius 2 is 1.86 bits per heavy atom. The molecule has 84 valence electrons. The zero-order chi connectivity index (χ0) is 10.8. The first-order valence-corrected chi connectivity index (χ1v) is 5.92. The molecule has 0 radical (unpaired) electrons. The molecule has 14 heavy (non-hydrogen) atoms. The van der Waals surface area contributed by atoms with Gasteiger partial charge in [0.2, 0.25) is 0 Å². The molecule has 0 aromatic carbocycles. The van der Waals surface area contributed by atoms with Crippen LogP contribution in [0.15, 0.2) is 0 Å². The maximum atomic E-state index is 11.3. The van der Waals surface area contributed by atoms with Crippen LogP contribution in [0.5, 0.6) is 0 Å². The molecule has 0 aliphatic heterocycles. The van der Waals surface area contributed by atoms with Gasteiger partial charge in [0.25, 0.3) is 0 Å². The highest BCUT2D eigenvalue weighted by Gasteiger charge is 2.01. The Bertz CT molecular complexity index is 143. The van der Waals surface area contributed by atoms with E-state index in [1.807, 2.05) is 0 Å². The zero-order valence-corrected chi connectivity index (χ0v) is 9.94. The van der Waals surface area contributed by atoms with Gasteiger partial charge < -0.3 is 5.32 Å². The second-order valence-corrected chi connectivity index (χ2v) is 4.21. The molecule has 0 aliphatic carbocycles. The average molecular weight is 199 g/mol. The Morgan fingerprint density at radius 1 is 1.14 bits per heavy atom. The molecule has 0 spiro atoms. The number of carbonyl (C=O) groups excluding carboxylic acids is 1. The van der Waals surface area contributed by atoms with E-state index < -0.39 is 0 Å². The van der Waals surface area contributed by atoms with Gasteiger partial charge >= 0.3 is 0 Å². The predicted octanol–water partition coefficient (Wildman–Crippen LogP) is 2.91. The summed E-state index contributed by atoms with van der Waals surface area (Å²) in [6.45, 7) is 7.23. The number of unbranched alkanes of at least 4 members (excludes halogenated alkanes) is 3. The number of nitrogens with one attached hydrogen (secondary N) is 1. The maximum absolute atomic E-state index is 11.3. The summed E-state index contributed by atoms with van der Waals surface area (Å²) < 4.78 is 0. The van der Waals surface area contributed by atoms with Crippen LogP contribution in [0.1, 0.15) is 59.3 Å². The number of ketones is 1. The Morgan fingerprint density at radius 3 is 2.43 bits per heavy atom. The highest BCUT2D eigenvalue weighted by atomic mass is 16.1. The van der Waals surface area contributed by atoms with E-state index in [4.69, 9.17) is 0 Å². The first kappa shape index (κ1) is 13.6. The van der Waals surface area contributed by atoms with Gasteiger partial charge in [0.05, 0.1) is 0 Å². The van der Waals surface area contributed by atoms with Gasteiger partial charge in [-0.1, -0.05) is 40.0 Å². The van der Waals surface area contributed by atoms with Gasteiger partial charge in [-0.2, -0.15) is 0 Å². The first-order valence-electron chi connectivity index (χ1n) is 5.92. The molecule has 0 saturated carbocycles. The fraction of sp³-hybridized carbons (Fsp3) is 0.917. The van der Waals surface area contributed by atoms with Crippen molar-refractivity contribution in [3.8, 4) is 0 Å². The van der Waals surface area contributed by atoms with Crippen LogP contribution in [0, 0.1) is 0 Å². The molecular weight excluding hydrogens is 174 g/mol. The molecule has 0 bridgehead atoms. The molecule has 1 N–H and O–H groups in total. The van der Waals surface area contributed by atoms with E-state index in [0.717, 1.165) is 19.4 Å². The number of hydrogen-bond acceptors (Lipinski definition) is 2. The van der Waals surface area contributed by atoms with Crippen LogP contribution >= 0.6 is 0 Å². The minimum absolute atomic E-state index is 0.411. The SMILES string of the molecule is CCCCCCC(=O)CCNC(C)C. The smallest absolute Gasteiger partial charge is 0.134 e. The van der Waals surface area contributed by atoms with E-state index in [2.05, 4.69) is 26.1 Å². The van der Waals surface area contributed by atoms with E-state index in [0.29, 0.717) is 18.2 Å². The van der Waals surface area contributed by atoms with Crippen LogP contribution in [-0.2, 0) is 4.79 Å². The Kier molecular flexibility index (Phi) is 8.95. The van der Waals surface area contributed by atoms with Crippen LogP contribution in [-0.4, -0.2) is 18.4 Å². The number of rotatable bonds is 9. The summed E-state index contributed by atoms with van der Waals surface area (Å²) in [4.78, 5) is 11.3. The van der Waals surface area contributed by atoms with Crippen molar-refractivity contribution < 1.29 is 4.79 Å². The van der Waals surface area contributed by atoms with Gasteiger partial charge in [0.1, 0.15) is 5.78 Å². The molecule has 0 fully saturated rings. The highest BCUT2D eigenvalue weighted by molar-refractivity contribution is 5.78. The third kappa shape index (κ3) is 9.72. The summed E-state index contributed by atoms with van der Waals surface area (Å²) in [5, 5.41) is 3.26. The van der Waals surface area contributed by atoms with Crippen LogP contribution in [0.4, 0.5) is 0 Å². The van der Waals surface area contributed by atoms with E-state index in [1.165, 1.54) is 19.3 Å². The summed E-state index contributed by atoms with van der Waals surface area (Å²) >= 11 is 0. The lowest BCUT2D eigenvalue weighted by atomic mass is 10.1. The third-order valence-corrected chi connectivity index (χ3v) is 2.27. The van der Waals surface area contributed by atoms with Crippen molar-refractivity contribution in [2.75, 3.05) is 6.54 Å². The topological polar surface area (TPSA) is 29.1 Å². The van der Waals surface area contributed by atoms with E-state index in [9.17, 15) is 4.79 Å². The second kappa shape index (κ2) is 9.20. The number of carbonyl (C=O) groups is 1. The van der Waals surface area contributed by atoms with Crippen molar-refractivity contribution in [1.82, 2.24) is 5.32 Å². The molecule has 2 nitrogen and oxygen atoms in total. The molecule has 0 rings (SSSR count). The second-order valence-electron chi connectivity index (χ2n) is 4.21. The largest absolute Gasteiger partial charge is 0.314 e. The van der Waals surface area contributed by atoms with Crippen LogP contribution in [0.2, 0.25) is 0 Å². The fourth-order valence-corrected chi connectivity index (χ4v) is 1.37. The number of hydrogen-bond donors (Lipinski definition) is 1. The Hall–Kier alpha value is -0.370. The normalized spacial score (nSPS) is 10.9. The Labute approximate surface area is 88.5 Å². The lowest BCUT2D eigenvalue weighted by Crippen LogP contribution is -2.25. The lowest BCUT2D eigenvalue weighted by molar-refractivity contribution is -0.119. The van der Waals surface area contributed by atoms with Crippen LogP contribution in [0.25, 0.3) is 0 Å². The minimum Gasteiger partial charge on any atom is -0.314 e. The summed E-state index contributed by atoms with van der Waals surface area (Å²) in [6.07, 6.45) is 6.26. The van der Waals surface area contributed by atoms with Crippen molar-refractivity contribution in [3.05, 3.63) is 0 Å². The summed E-state index contributed by atoms with van der Waals surface area (Å²) in [6, 6.07) is 0.489. The lowest BCUT2D eigenvalue weighted by Gasteiger charge is -2.06. The number of Topliss-reactive ketones (excluding diaryl/α,β-unsaturated/α-hetero) is 1. The Balaban J connectivity index is 3.20. The van der Waals surface area contributed by atoms with Gasteiger partial charge in [-0.15, -0.1) is 0 Å². The zero-order valence-electron chi connectivity index (χ0n) is 9.94. The molecule has 0 aromatic heterocycles. The van der Waals surface area contributed by atoms with Crippen molar-refractivity contribution in [1.29, 1.82) is 0 Å². The maximum Gasteiger partial charge on any atom is 0.134 e. The third-order valence-electron chi connectivity index (χ3n) is 2.27. The predicted molar refractivity (Wildman–Crippen MR) is 61.5 cm³/mol. The van der Waals surface area contributed by atoms with Crippen LogP contribution in [0.3, 0.4) is 0 Å². The average Bonchev–Trinajstić information content (AvgIpc) is 2.12. The van der Waals surface area contributed by atoms with E-state index in [-0.39, 0.29) is 0 Å². The summed E-state index contributed by atoms with van der Waals surface area (Å²) in [7, 11) is 0. The van der Waals surface area contributed by atoms with Gasteiger partial charge in [-0.3, -0.25) is 4.79 Å². The molecule has 0 atom stereocenters. The summed E-state index contributed by atoms with van der Waals surface area (Å²) in [5.41, 5.74) is 0. The van der Waals surface area contributed by atoms with Crippen LogP contribution < -0.4 is 5.32 Å². The summed E-state index contributed by atoms with van der Waals surface area (Å²) in [5.74, 6) is 0.411.